The topological polar surface area (TPSA) is 43.9 Å². The third-order valence-corrected chi connectivity index (χ3v) is 6.37. The van der Waals surface area contributed by atoms with Crippen molar-refractivity contribution in [2.45, 2.75) is 20.3 Å². The van der Waals surface area contributed by atoms with Gasteiger partial charge in [-0.25, -0.2) is 0 Å². The van der Waals surface area contributed by atoms with Gasteiger partial charge in [0, 0.05) is 55.5 Å². The number of carbonyl (C=O) groups is 2. The molecule has 4 rings (SSSR count). The van der Waals surface area contributed by atoms with Crippen LogP contribution in [0.5, 0.6) is 0 Å². The number of halogens is 1. The van der Waals surface area contributed by atoms with Crippen LogP contribution in [0.25, 0.3) is 0 Å². The zero-order valence-corrected chi connectivity index (χ0v) is 17.7. The van der Waals surface area contributed by atoms with Crippen LogP contribution < -0.4 is 9.80 Å². The molecule has 2 heterocycles. The maximum Gasteiger partial charge on any atom is 0.228 e. The SMILES string of the molecule is Cc1cccc(N2CCN(C(=O)C3CC(=O)N(c4ccc(Cl)cc4)C3)CC2)c1C. The molecule has 2 aromatic rings. The van der Waals surface area contributed by atoms with Crippen molar-refractivity contribution in [1.82, 2.24) is 4.90 Å². The van der Waals surface area contributed by atoms with Crippen molar-refractivity contribution in [3.8, 4) is 0 Å². The van der Waals surface area contributed by atoms with Crippen LogP contribution in [0.2, 0.25) is 5.02 Å². The fourth-order valence-electron chi connectivity index (χ4n) is 4.25. The van der Waals surface area contributed by atoms with Crippen LogP contribution in [0.15, 0.2) is 42.5 Å². The van der Waals surface area contributed by atoms with Crippen LogP contribution in [0.3, 0.4) is 0 Å². The van der Waals surface area contributed by atoms with E-state index in [0.717, 1.165) is 18.8 Å². The highest BCUT2D eigenvalue weighted by molar-refractivity contribution is 6.30. The summed E-state index contributed by atoms with van der Waals surface area (Å²) in [5.41, 5.74) is 4.64. The summed E-state index contributed by atoms with van der Waals surface area (Å²) in [6.07, 6.45) is 0.276. The lowest BCUT2D eigenvalue weighted by molar-refractivity contribution is -0.136. The van der Waals surface area contributed by atoms with Crippen LogP contribution in [-0.2, 0) is 9.59 Å². The molecule has 2 aromatic carbocycles. The quantitative estimate of drug-likeness (QED) is 0.774. The molecule has 152 valence electrons. The molecule has 0 bridgehead atoms. The molecule has 0 spiro atoms. The van der Waals surface area contributed by atoms with E-state index in [2.05, 4.69) is 36.9 Å². The lowest BCUT2D eigenvalue weighted by atomic mass is 10.1. The zero-order valence-electron chi connectivity index (χ0n) is 16.9. The minimum atomic E-state index is -0.273. The Bertz CT molecular complexity index is 920. The van der Waals surface area contributed by atoms with Gasteiger partial charge in [0.2, 0.25) is 11.8 Å². The fourth-order valence-corrected chi connectivity index (χ4v) is 4.37. The first-order valence-electron chi connectivity index (χ1n) is 10.1. The first-order valence-corrected chi connectivity index (χ1v) is 10.5. The van der Waals surface area contributed by atoms with Crippen molar-refractivity contribution >= 4 is 34.8 Å². The Morgan fingerprint density at radius 1 is 1.00 bits per heavy atom. The van der Waals surface area contributed by atoms with Gasteiger partial charge in [0.25, 0.3) is 0 Å². The normalized spacial score (nSPS) is 19.8. The van der Waals surface area contributed by atoms with E-state index < -0.39 is 0 Å². The molecule has 0 aromatic heterocycles. The molecule has 6 heteroatoms. The Hall–Kier alpha value is -2.53. The Morgan fingerprint density at radius 3 is 2.38 bits per heavy atom. The van der Waals surface area contributed by atoms with Gasteiger partial charge < -0.3 is 14.7 Å². The Labute approximate surface area is 176 Å². The van der Waals surface area contributed by atoms with Crippen molar-refractivity contribution in [1.29, 1.82) is 0 Å². The number of piperazine rings is 1. The lowest BCUT2D eigenvalue weighted by Gasteiger charge is -2.38. The largest absolute Gasteiger partial charge is 0.368 e. The van der Waals surface area contributed by atoms with Gasteiger partial charge in [-0.05, 0) is 55.3 Å². The summed E-state index contributed by atoms with van der Waals surface area (Å²) in [5.74, 6) is -0.180. The summed E-state index contributed by atoms with van der Waals surface area (Å²) in [7, 11) is 0. The number of hydrogen-bond donors (Lipinski definition) is 0. The van der Waals surface area contributed by atoms with Gasteiger partial charge >= 0.3 is 0 Å². The average molecular weight is 412 g/mol. The molecule has 0 aliphatic carbocycles. The van der Waals surface area contributed by atoms with Gasteiger partial charge in [0.1, 0.15) is 0 Å². The number of anilines is 2. The van der Waals surface area contributed by atoms with Crippen molar-refractivity contribution in [2.75, 3.05) is 42.5 Å². The second-order valence-electron chi connectivity index (χ2n) is 7.91. The van der Waals surface area contributed by atoms with Gasteiger partial charge in [0.15, 0.2) is 0 Å². The number of amides is 2. The molecule has 2 amide bonds. The summed E-state index contributed by atoms with van der Waals surface area (Å²) >= 11 is 5.94. The van der Waals surface area contributed by atoms with Gasteiger partial charge in [-0.2, -0.15) is 0 Å². The smallest absolute Gasteiger partial charge is 0.228 e. The molecule has 0 saturated carbocycles. The Kier molecular flexibility index (Phi) is 5.50. The molecule has 2 saturated heterocycles. The number of hydrogen-bond acceptors (Lipinski definition) is 3. The molecular formula is C23H26ClN3O2. The van der Waals surface area contributed by atoms with E-state index >= 15 is 0 Å². The Morgan fingerprint density at radius 2 is 1.69 bits per heavy atom. The molecule has 0 radical (unpaired) electrons. The van der Waals surface area contributed by atoms with Crippen molar-refractivity contribution in [3.63, 3.8) is 0 Å². The number of aryl methyl sites for hydroxylation is 1. The standard InChI is InChI=1S/C23H26ClN3O2/c1-16-4-3-5-21(17(16)2)25-10-12-26(13-11-25)23(29)18-14-22(28)27(15-18)20-8-6-19(24)7-9-20/h3-9,18H,10-15H2,1-2H3. The average Bonchev–Trinajstić information content (AvgIpc) is 3.12. The molecule has 29 heavy (non-hydrogen) atoms. The van der Waals surface area contributed by atoms with Crippen LogP contribution in [0, 0.1) is 19.8 Å². The van der Waals surface area contributed by atoms with Crippen LogP contribution >= 0.6 is 11.6 Å². The summed E-state index contributed by atoms with van der Waals surface area (Å²) < 4.78 is 0. The molecule has 1 atom stereocenters. The number of rotatable bonds is 3. The number of nitrogens with zero attached hydrogens (tertiary/aromatic N) is 3. The van der Waals surface area contributed by atoms with E-state index in [1.54, 1.807) is 17.0 Å². The van der Waals surface area contributed by atoms with Crippen LogP contribution in [0.4, 0.5) is 11.4 Å². The predicted molar refractivity (Wildman–Crippen MR) is 117 cm³/mol. The van der Waals surface area contributed by atoms with E-state index in [0.29, 0.717) is 24.7 Å². The highest BCUT2D eigenvalue weighted by Crippen LogP contribution is 2.28. The van der Waals surface area contributed by atoms with Crippen molar-refractivity contribution in [2.24, 2.45) is 5.92 Å². The summed E-state index contributed by atoms with van der Waals surface area (Å²) in [6, 6.07) is 13.6. The fraction of sp³-hybridized carbons (Fsp3) is 0.391. The van der Waals surface area contributed by atoms with E-state index in [1.807, 2.05) is 17.0 Å². The van der Waals surface area contributed by atoms with Crippen LogP contribution in [-0.4, -0.2) is 49.4 Å². The molecular weight excluding hydrogens is 386 g/mol. The third-order valence-electron chi connectivity index (χ3n) is 6.12. The van der Waals surface area contributed by atoms with Gasteiger partial charge in [-0.3, -0.25) is 9.59 Å². The van der Waals surface area contributed by atoms with E-state index in [9.17, 15) is 9.59 Å². The highest BCUT2D eigenvalue weighted by atomic mass is 35.5. The first-order chi connectivity index (χ1) is 13.9. The molecule has 0 N–H and O–H groups in total. The minimum Gasteiger partial charge on any atom is -0.368 e. The second kappa shape index (κ2) is 8.07. The van der Waals surface area contributed by atoms with Gasteiger partial charge in [-0.1, -0.05) is 23.7 Å². The summed E-state index contributed by atoms with van der Waals surface area (Å²) in [6.45, 7) is 7.74. The molecule has 2 aliphatic rings. The lowest BCUT2D eigenvalue weighted by Crippen LogP contribution is -2.51. The maximum absolute atomic E-state index is 13.0. The minimum absolute atomic E-state index is 0.000283. The highest BCUT2D eigenvalue weighted by Gasteiger charge is 2.38. The molecule has 2 aliphatic heterocycles. The van der Waals surface area contributed by atoms with Gasteiger partial charge in [-0.15, -0.1) is 0 Å². The number of benzene rings is 2. The van der Waals surface area contributed by atoms with E-state index in [-0.39, 0.29) is 24.2 Å². The predicted octanol–water partition coefficient (Wildman–Crippen LogP) is 3.66. The van der Waals surface area contributed by atoms with E-state index in [1.165, 1.54) is 16.8 Å². The zero-order chi connectivity index (χ0) is 20.5. The molecule has 2 fully saturated rings. The Balaban J connectivity index is 1.38. The van der Waals surface area contributed by atoms with Crippen LogP contribution in [0.1, 0.15) is 17.5 Å². The summed E-state index contributed by atoms with van der Waals surface area (Å²) in [5, 5.41) is 0.634. The monoisotopic (exact) mass is 411 g/mol. The molecule has 1 unspecified atom stereocenters. The van der Waals surface area contributed by atoms with Gasteiger partial charge in [0.05, 0.1) is 5.92 Å². The van der Waals surface area contributed by atoms with Crippen molar-refractivity contribution in [3.05, 3.63) is 58.6 Å². The third kappa shape index (κ3) is 3.97. The summed E-state index contributed by atoms with van der Waals surface area (Å²) in [4.78, 5) is 31.5. The number of carbonyl (C=O) groups excluding carboxylic acids is 2. The maximum atomic E-state index is 13.0. The van der Waals surface area contributed by atoms with E-state index in [4.69, 9.17) is 11.6 Å². The molecule has 5 nitrogen and oxygen atoms in total. The second-order valence-corrected chi connectivity index (χ2v) is 8.35. The van der Waals surface area contributed by atoms with Crippen molar-refractivity contribution < 1.29 is 9.59 Å². The first kappa shape index (κ1) is 19.8.